The highest BCUT2D eigenvalue weighted by Crippen LogP contribution is 2.20. The monoisotopic (exact) mass is 268 g/mol. The Morgan fingerprint density at radius 2 is 2.33 bits per heavy atom. The number of hydrogen-bond acceptors (Lipinski definition) is 4. The van der Waals surface area contributed by atoms with Crippen LogP contribution in [0.1, 0.15) is 18.7 Å². The van der Waals surface area contributed by atoms with E-state index >= 15 is 0 Å². The fraction of sp³-hybridized carbons (Fsp3) is 0.667. The Morgan fingerprint density at radius 1 is 1.56 bits per heavy atom. The van der Waals surface area contributed by atoms with Gasteiger partial charge >= 0.3 is 0 Å². The molecule has 0 aliphatic carbocycles. The number of aromatic nitrogens is 2. The standard InChI is InChI=1S/C12H20N4OS/c1-16(8-11-14-6-7-15-11)12(17)9-18-10-2-4-13-5-3-10/h6-7,10,13H,2-5,8-9H2,1H3,(H,14,15). The van der Waals surface area contributed by atoms with Gasteiger partial charge in [-0.3, -0.25) is 4.79 Å². The van der Waals surface area contributed by atoms with Crippen LogP contribution in [0, 0.1) is 0 Å². The first-order valence-corrected chi connectivity index (χ1v) is 7.35. The normalized spacial score (nSPS) is 16.7. The fourth-order valence-corrected chi connectivity index (χ4v) is 3.13. The largest absolute Gasteiger partial charge is 0.347 e. The van der Waals surface area contributed by atoms with Crippen molar-refractivity contribution in [2.24, 2.45) is 0 Å². The van der Waals surface area contributed by atoms with Crippen molar-refractivity contribution in [2.45, 2.75) is 24.6 Å². The molecule has 1 aliphatic rings. The van der Waals surface area contributed by atoms with Crippen molar-refractivity contribution in [3.05, 3.63) is 18.2 Å². The Kier molecular flexibility index (Phi) is 5.07. The summed E-state index contributed by atoms with van der Waals surface area (Å²) in [4.78, 5) is 20.8. The third-order valence-corrected chi connectivity index (χ3v) is 4.45. The Balaban J connectivity index is 1.70. The van der Waals surface area contributed by atoms with Gasteiger partial charge in [0.05, 0.1) is 12.3 Å². The average Bonchev–Trinajstić information content (AvgIpc) is 2.90. The highest BCUT2D eigenvalue weighted by molar-refractivity contribution is 8.00. The number of hydrogen-bond donors (Lipinski definition) is 2. The van der Waals surface area contributed by atoms with Gasteiger partial charge in [-0.2, -0.15) is 0 Å². The summed E-state index contributed by atoms with van der Waals surface area (Å²) in [7, 11) is 1.83. The smallest absolute Gasteiger partial charge is 0.232 e. The molecule has 1 saturated heterocycles. The van der Waals surface area contributed by atoms with Crippen molar-refractivity contribution < 1.29 is 4.79 Å². The number of carbonyl (C=O) groups excluding carboxylic acids is 1. The molecule has 2 rings (SSSR count). The van der Waals surface area contributed by atoms with E-state index in [2.05, 4.69) is 15.3 Å². The molecule has 1 amide bonds. The minimum Gasteiger partial charge on any atom is -0.347 e. The van der Waals surface area contributed by atoms with E-state index in [1.54, 1.807) is 29.1 Å². The first kappa shape index (κ1) is 13.4. The lowest BCUT2D eigenvalue weighted by molar-refractivity contribution is -0.127. The minimum absolute atomic E-state index is 0.176. The van der Waals surface area contributed by atoms with Gasteiger partial charge in [-0.05, 0) is 25.9 Å². The van der Waals surface area contributed by atoms with Crippen LogP contribution in [0.15, 0.2) is 12.4 Å². The Hall–Kier alpha value is -1.01. The molecule has 6 heteroatoms. The lowest BCUT2D eigenvalue weighted by atomic mass is 10.2. The van der Waals surface area contributed by atoms with E-state index < -0.39 is 0 Å². The van der Waals surface area contributed by atoms with Gasteiger partial charge in [-0.1, -0.05) is 0 Å². The zero-order valence-corrected chi connectivity index (χ0v) is 11.5. The number of H-pyrrole nitrogens is 1. The van der Waals surface area contributed by atoms with Crippen molar-refractivity contribution in [2.75, 3.05) is 25.9 Å². The van der Waals surface area contributed by atoms with Crippen LogP contribution in [0.5, 0.6) is 0 Å². The van der Waals surface area contributed by atoms with Gasteiger partial charge in [0, 0.05) is 24.7 Å². The maximum Gasteiger partial charge on any atom is 0.232 e. The van der Waals surface area contributed by atoms with Crippen LogP contribution in [-0.4, -0.2) is 51.9 Å². The summed E-state index contributed by atoms with van der Waals surface area (Å²) in [5.41, 5.74) is 0. The molecule has 1 aromatic heterocycles. The van der Waals surface area contributed by atoms with Crippen LogP contribution in [0.3, 0.4) is 0 Å². The number of imidazole rings is 1. The summed E-state index contributed by atoms with van der Waals surface area (Å²) in [6, 6.07) is 0. The molecule has 0 radical (unpaired) electrons. The zero-order valence-electron chi connectivity index (χ0n) is 10.7. The van der Waals surface area contributed by atoms with E-state index in [0.717, 1.165) is 18.9 Å². The van der Waals surface area contributed by atoms with E-state index in [1.165, 1.54) is 12.8 Å². The van der Waals surface area contributed by atoms with Crippen molar-refractivity contribution in [1.29, 1.82) is 0 Å². The second-order valence-corrected chi connectivity index (χ2v) is 5.83. The molecular formula is C12H20N4OS. The second-order valence-electron chi connectivity index (χ2n) is 4.55. The third kappa shape index (κ3) is 4.03. The van der Waals surface area contributed by atoms with Gasteiger partial charge in [0.25, 0.3) is 0 Å². The number of piperidine rings is 1. The third-order valence-electron chi connectivity index (χ3n) is 3.10. The van der Waals surface area contributed by atoms with E-state index in [1.807, 2.05) is 7.05 Å². The van der Waals surface area contributed by atoms with Crippen LogP contribution in [0.25, 0.3) is 0 Å². The van der Waals surface area contributed by atoms with Gasteiger partial charge in [-0.25, -0.2) is 4.98 Å². The summed E-state index contributed by atoms with van der Waals surface area (Å²) < 4.78 is 0. The predicted molar refractivity (Wildman–Crippen MR) is 73.4 cm³/mol. The van der Waals surface area contributed by atoms with Gasteiger partial charge in [0.2, 0.25) is 5.91 Å². The van der Waals surface area contributed by atoms with Crippen molar-refractivity contribution in [1.82, 2.24) is 20.2 Å². The topological polar surface area (TPSA) is 61.0 Å². The molecule has 0 aromatic carbocycles. The molecule has 1 fully saturated rings. The number of amides is 1. The van der Waals surface area contributed by atoms with E-state index in [9.17, 15) is 4.79 Å². The summed E-state index contributed by atoms with van der Waals surface area (Å²) in [5, 5.41) is 3.97. The summed E-state index contributed by atoms with van der Waals surface area (Å²) in [6.45, 7) is 2.71. The molecule has 5 nitrogen and oxygen atoms in total. The Labute approximate surface area is 112 Å². The number of thioether (sulfide) groups is 1. The summed E-state index contributed by atoms with van der Waals surface area (Å²) in [6.07, 6.45) is 5.81. The van der Waals surface area contributed by atoms with E-state index in [4.69, 9.17) is 0 Å². The first-order chi connectivity index (χ1) is 8.75. The molecule has 2 N–H and O–H groups in total. The van der Waals surface area contributed by atoms with Crippen LogP contribution in [0.4, 0.5) is 0 Å². The lowest BCUT2D eigenvalue weighted by Crippen LogP contribution is -2.32. The lowest BCUT2D eigenvalue weighted by Gasteiger charge is -2.23. The molecule has 100 valence electrons. The van der Waals surface area contributed by atoms with E-state index in [-0.39, 0.29) is 5.91 Å². The maximum absolute atomic E-state index is 12.0. The van der Waals surface area contributed by atoms with Crippen LogP contribution in [-0.2, 0) is 11.3 Å². The number of carbonyl (C=O) groups is 1. The number of aromatic amines is 1. The summed E-state index contributed by atoms with van der Waals surface area (Å²) >= 11 is 1.78. The Bertz CT molecular complexity index is 362. The highest BCUT2D eigenvalue weighted by Gasteiger charge is 2.17. The molecule has 2 heterocycles. The molecule has 0 unspecified atom stereocenters. The minimum atomic E-state index is 0.176. The highest BCUT2D eigenvalue weighted by atomic mass is 32.2. The van der Waals surface area contributed by atoms with Crippen LogP contribution < -0.4 is 5.32 Å². The first-order valence-electron chi connectivity index (χ1n) is 6.30. The Morgan fingerprint density at radius 3 is 3.00 bits per heavy atom. The number of nitrogens with zero attached hydrogens (tertiary/aromatic N) is 2. The number of nitrogens with one attached hydrogen (secondary N) is 2. The van der Waals surface area contributed by atoms with Gasteiger partial charge < -0.3 is 15.2 Å². The molecule has 1 aliphatic heterocycles. The maximum atomic E-state index is 12.0. The molecule has 0 bridgehead atoms. The van der Waals surface area contributed by atoms with Crippen LogP contribution >= 0.6 is 11.8 Å². The quantitative estimate of drug-likeness (QED) is 0.831. The van der Waals surface area contributed by atoms with Crippen LogP contribution in [0.2, 0.25) is 0 Å². The van der Waals surface area contributed by atoms with Gasteiger partial charge in [0.1, 0.15) is 5.82 Å². The fourth-order valence-electron chi connectivity index (χ4n) is 1.96. The van der Waals surface area contributed by atoms with E-state index in [0.29, 0.717) is 17.5 Å². The predicted octanol–water partition coefficient (Wildman–Crippen LogP) is 0.853. The molecule has 0 saturated carbocycles. The average molecular weight is 268 g/mol. The van der Waals surface area contributed by atoms with Gasteiger partial charge in [0.15, 0.2) is 0 Å². The molecule has 1 aromatic rings. The SMILES string of the molecule is CN(Cc1ncc[nH]1)C(=O)CSC1CCNCC1. The van der Waals surface area contributed by atoms with Gasteiger partial charge in [-0.15, -0.1) is 11.8 Å². The molecule has 18 heavy (non-hydrogen) atoms. The molecule has 0 atom stereocenters. The zero-order chi connectivity index (χ0) is 12.8. The second kappa shape index (κ2) is 6.80. The number of rotatable bonds is 5. The molecule has 0 spiro atoms. The van der Waals surface area contributed by atoms with Crippen molar-refractivity contribution in [3.63, 3.8) is 0 Å². The summed E-state index contributed by atoms with van der Waals surface area (Å²) in [5.74, 6) is 1.58. The van der Waals surface area contributed by atoms with Crippen molar-refractivity contribution in [3.8, 4) is 0 Å². The molecular weight excluding hydrogens is 248 g/mol. The van der Waals surface area contributed by atoms with Crippen molar-refractivity contribution >= 4 is 17.7 Å².